The summed E-state index contributed by atoms with van der Waals surface area (Å²) < 4.78 is 0. The highest BCUT2D eigenvalue weighted by Gasteiger charge is 2.01. The fourth-order valence-corrected chi connectivity index (χ4v) is 0.842. The second-order valence-corrected chi connectivity index (χ2v) is 2.76. The van der Waals surface area contributed by atoms with Crippen molar-refractivity contribution in [2.45, 2.75) is 13.5 Å². The zero-order valence-corrected chi connectivity index (χ0v) is 7.83. The lowest BCUT2D eigenvalue weighted by Gasteiger charge is -2.03. The molecule has 1 rings (SSSR count). The van der Waals surface area contributed by atoms with Crippen LogP contribution in [0.5, 0.6) is 0 Å². The van der Waals surface area contributed by atoms with Crippen LogP contribution < -0.4 is 10.6 Å². The second-order valence-electron chi connectivity index (χ2n) is 2.76. The number of nitrogens with zero attached hydrogens (tertiary/aromatic N) is 1. The molecular weight excluding hydrogens is 184 g/mol. The molecule has 76 valence electrons. The van der Waals surface area contributed by atoms with Crippen LogP contribution in [0.25, 0.3) is 0 Å². The van der Waals surface area contributed by atoms with Crippen molar-refractivity contribution in [3.05, 3.63) is 18.2 Å². The van der Waals surface area contributed by atoms with Crippen molar-refractivity contribution in [1.82, 2.24) is 20.6 Å². The number of carbonyl (C=O) groups excluding carboxylic acids is 2. The van der Waals surface area contributed by atoms with E-state index in [1.807, 2.05) is 0 Å². The van der Waals surface area contributed by atoms with Gasteiger partial charge in [0.25, 0.3) is 0 Å². The Morgan fingerprint density at radius 1 is 1.50 bits per heavy atom. The van der Waals surface area contributed by atoms with Crippen LogP contribution in [0.3, 0.4) is 0 Å². The third kappa shape index (κ3) is 3.70. The molecule has 0 bridgehead atoms. The molecule has 3 N–H and O–H groups in total. The molecule has 2 amide bonds. The molecule has 1 aromatic rings. The van der Waals surface area contributed by atoms with Crippen LogP contribution in [-0.2, 0) is 16.1 Å². The summed E-state index contributed by atoms with van der Waals surface area (Å²) in [4.78, 5) is 28.2. The molecule has 0 saturated carbocycles. The fraction of sp³-hybridized carbons (Fsp3) is 0.375. The molecule has 0 aliphatic heterocycles. The highest BCUT2D eigenvalue weighted by atomic mass is 16.2. The summed E-state index contributed by atoms with van der Waals surface area (Å²) >= 11 is 0. The van der Waals surface area contributed by atoms with Crippen LogP contribution >= 0.6 is 0 Å². The number of H-pyrrole nitrogens is 1. The summed E-state index contributed by atoms with van der Waals surface area (Å²) in [5.41, 5.74) is 0.821. The van der Waals surface area contributed by atoms with Crippen molar-refractivity contribution in [2.75, 3.05) is 6.54 Å². The Hall–Kier alpha value is -1.85. The van der Waals surface area contributed by atoms with E-state index in [1.165, 1.54) is 13.3 Å². The third-order valence-electron chi connectivity index (χ3n) is 1.53. The molecule has 0 unspecified atom stereocenters. The molecule has 0 aliphatic rings. The Morgan fingerprint density at radius 2 is 2.29 bits per heavy atom. The number of rotatable bonds is 4. The van der Waals surface area contributed by atoms with Crippen molar-refractivity contribution in [1.29, 1.82) is 0 Å². The van der Waals surface area contributed by atoms with Crippen LogP contribution in [0.2, 0.25) is 0 Å². The van der Waals surface area contributed by atoms with Gasteiger partial charge >= 0.3 is 0 Å². The highest BCUT2D eigenvalue weighted by Crippen LogP contribution is 1.88. The maximum Gasteiger partial charge on any atom is 0.239 e. The van der Waals surface area contributed by atoms with E-state index in [1.54, 1.807) is 6.20 Å². The van der Waals surface area contributed by atoms with Gasteiger partial charge in [0.2, 0.25) is 11.8 Å². The Bertz CT molecular complexity index is 307. The quantitative estimate of drug-likeness (QED) is 0.587. The Balaban J connectivity index is 2.18. The first-order valence-corrected chi connectivity index (χ1v) is 4.17. The Morgan fingerprint density at radius 3 is 2.86 bits per heavy atom. The third-order valence-corrected chi connectivity index (χ3v) is 1.53. The van der Waals surface area contributed by atoms with E-state index in [0.717, 1.165) is 5.69 Å². The molecule has 0 saturated heterocycles. The van der Waals surface area contributed by atoms with Crippen molar-refractivity contribution in [2.24, 2.45) is 0 Å². The first-order valence-electron chi connectivity index (χ1n) is 4.17. The van der Waals surface area contributed by atoms with E-state index >= 15 is 0 Å². The monoisotopic (exact) mass is 196 g/mol. The van der Waals surface area contributed by atoms with Crippen molar-refractivity contribution in [3.63, 3.8) is 0 Å². The molecule has 0 aromatic carbocycles. The zero-order valence-electron chi connectivity index (χ0n) is 7.83. The van der Waals surface area contributed by atoms with Crippen molar-refractivity contribution >= 4 is 11.8 Å². The van der Waals surface area contributed by atoms with E-state index in [-0.39, 0.29) is 18.4 Å². The number of hydrogen-bond acceptors (Lipinski definition) is 3. The molecule has 0 radical (unpaired) electrons. The van der Waals surface area contributed by atoms with Crippen molar-refractivity contribution in [3.8, 4) is 0 Å². The summed E-state index contributed by atoms with van der Waals surface area (Å²) in [6.07, 6.45) is 3.16. The molecule has 6 heteroatoms. The Kier molecular flexibility index (Phi) is 3.66. The van der Waals surface area contributed by atoms with Crippen LogP contribution in [-0.4, -0.2) is 28.3 Å². The van der Waals surface area contributed by atoms with Gasteiger partial charge in [-0.3, -0.25) is 9.59 Å². The van der Waals surface area contributed by atoms with E-state index in [2.05, 4.69) is 20.6 Å². The van der Waals surface area contributed by atoms with E-state index in [9.17, 15) is 9.59 Å². The summed E-state index contributed by atoms with van der Waals surface area (Å²) in [5.74, 6) is -0.448. The van der Waals surface area contributed by atoms with Gasteiger partial charge in [0, 0.05) is 13.1 Å². The van der Waals surface area contributed by atoms with Gasteiger partial charge < -0.3 is 15.6 Å². The van der Waals surface area contributed by atoms with Gasteiger partial charge in [-0.05, 0) is 0 Å². The average Bonchev–Trinajstić information content (AvgIpc) is 2.63. The minimum Gasteiger partial charge on any atom is -0.349 e. The Labute approximate surface area is 81.1 Å². The zero-order chi connectivity index (χ0) is 10.4. The molecule has 0 atom stereocenters. The van der Waals surface area contributed by atoms with Gasteiger partial charge in [0.05, 0.1) is 25.1 Å². The SMILES string of the molecule is CC(=O)NCC(=O)NCc1cnc[nH]1. The molecule has 1 heterocycles. The standard InChI is InChI=1S/C8H12N4O2/c1-6(13)10-4-8(14)11-3-7-2-9-5-12-7/h2,5H,3-4H2,1H3,(H,9,12)(H,10,13)(H,11,14). The van der Waals surface area contributed by atoms with Crippen LogP contribution in [0.4, 0.5) is 0 Å². The smallest absolute Gasteiger partial charge is 0.239 e. The van der Waals surface area contributed by atoms with E-state index in [0.29, 0.717) is 6.54 Å². The highest BCUT2D eigenvalue weighted by molar-refractivity contribution is 5.83. The first kappa shape index (κ1) is 10.2. The first-order chi connectivity index (χ1) is 6.68. The number of imidazole rings is 1. The minimum absolute atomic E-state index is 0.00344. The largest absolute Gasteiger partial charge is 0.349 e. The molecule has 1 aromatic heterocycles. The van der Waals surface area contributed by atoms with Gasteiger partial charge in [-0.15, -0.1) is 0 Å². The maximum absolute atomic E-state index is 11.1. The lowest BCUT2D eigenvalue weighted by molar-refractivity contribution is -0.125. The average molecular weight is 196 g/mol. The van der Waals surface area contributed by atoms with Gasteiger partial charge in [0.1, 0.15) is 0 Å². The lowest BCUT2D eigenvalue weighted by Crippen LogP contribution is -2.35. The van der Waals surface area contributed by atoms with E-state index < -0.39 is 0 Å². The summed E-state index contributed by atoms with van der Waals surface area (Å²) in [7, 11) is 0. The van der Waals surface area contributed by atoms with Crippen molar-refractivity contribution < 1.29 is 9.59 Å². The molecular formula is C8H12N4O2. The molecule has 0 spiro atoms. The summed E-state index contributed by atoms with van der Waals surface area (Å²) in [5, 5.41) is 5.01. The topological polar surface area (TPSA) is 86.9 Å². The van der Waals surface area contributed by atoms with E-state index in [4.69, 9.17) is 0 Å². The van der Waals surface area contributed by atoms with Crippen LogP contribution in [0.15, 0.2) is 12.5 Å². The molecule has 0 aliphatic carbocycles. The van der Waals surface area contributed by atoms with Crippen LogP contribution in [0, 0.1) is 0 Å². The number of aromatic nitrogens is 2. The minimum atomic E-state index is -0.227. The summed E-state index contributed by atoms with van der Waals surface area (Å²) in [6, 6.07) is 0. The maximum atomic E-state index is 11.1. The molecule has 0 fully saturated rings. The lowest BCUT2D eigenvalue weighted by atomic mass is 10.4. The van der Waals surface area contributed by atoms with Gasteiger partial charge in [-0.1, -0.05) is 0 Å². The number of aromatic amines is 1. The van der Waals surface area contributed by atoms with Crippen LogP contribution in [0.1, 0.15) is 12.6 Å². The number of amides is 2. The van der Waals surface area contributed by atoms with Gasteiger partial charge in [-0.2, -0.15) is 0 Å². The fourth-order valence-electron chi connectivity index (χ4n) is 0.842. The number of hydrogen-bond donors (Lipinski definition) is 3. The second kappa shape index (κ2) is 5.00. The summed E-state index contributed by atoms with van der Waals surface area (Å²) in [6.45, 7) is 1.75. The number of nitrogens with one attached hydrogen (secondary N) is 3. The predicted octanol–water partition coefficient (Wildman–Crippen LogP) is -0.838. The number of carbonyl (C=O) groups is 2. The predicted molar refractivity (Wildman–Crippen MR) is 49.1 cm³/mol. The molecule has 14 heavy (non-hydrogen) atoms. The van der Waals surface area contributed by atoms with Gasteiger partial charge in [-0.25, -0.2) is 4.98 Å². The molecule has 6 nitrogen and oxygen atoms in total. The van der Waals surface area contributed by atoms with Gasteiger partial charge in [0.15, 0.2) is 0 Å². The normalized spacial score (nSPS) is 9.50.